The number of hydrogen-bond acceptors (Lipinski definition) is 6. The lowest BCUT2D eigenvalue weighted by atomic mass is 9.88. The Kier molecular flexibility index (Phi) is 8.42. The highest BCUT2D eigenvalue weighted by atomic mass is 15.0. The Hall–Kier alpha value is -8.40. The van der Waals surface area contributed by atoms with Gasteiger partial charge in [-0.05, 0) is 86.3 Å². The lowest BCUT2D eigenvalue weighted by Crippen LogP contribution is -2.00. The van der Waals surface area contributed by atoms with Gasteiger partial charge in [0.2, 0.25) is 0 Å². The van der Waals surface area contributed by atoms with Crippen molar-refractivity contribution in [1.29, 1.82) is 5.26 Å². The minimum absolute atomic E-state index is 0.597. The number of aromatic nitrogens is 5. The van der Waals surface area contributed by atoms with E-state index >= 15 is 0 Å². The number of benzene rings is 8. The molecule has 0 radical (unpaired) electrons. The molecule has 0 bridgehead atoms. The minimum atomic E-state index is 0.597. The van der Waals surface area contributed by atoms with Crippen LogP contribution in [0.2, 0.25) is 0 Å². The predicted octanol–water partition coefficient (Wildman–Crippen LogP) is 13.1. The number of nitrogens with zero attached hydrogens (tertiary/aromatic N) is 6. The summed E-state index contributed by atoms with van der Waals surface area (Å²) >= 11 is 0. The smallest absolute Gasteiger partial charge is 0.164 e. The van der Waals surface area contributed by atoms with Crippen molar-refractivity contribution in [2.24, 2.45) is 0 Å². The molecule has 278 valence electrons. The summed E-state index contributed by atoms with van der Waals surface area (Å²) in [6.45, 7) is 0. The van der Waals surface area contributed by atoms with Crippen molar-refractivity contribution in [3.8, 4) is 73.6 Å². The largest absolute Gasteiger partial charge is 0.256 e. The Morgan fingerprint density at radius 2 is 0.800 bits per heavy atom. The zero-order valence-electron chi connectivity index (χ0n) is 32.2. The van der Waals surface area contributed by atoms with Crippen molar-refractivity contribution in [3.05, 3.63) is 200 Å². The average Bonchev–Trinajstić information content (AvgIpc) is 3.33. The van der Waals surface area contributed by atoms with Crippen LogP contribution >= 0.6 is 0 Å². The van der Waals surface area contributed by atoms with Gasteiger partial charge in [-0.15, -0.1) is 0 Å². The van der Waals surface area contributed by atoms with Crippen LogP contribution in [0.15, 0.2) is 194 Å². The Morgan fingerprint density at radius 1 is 0.317 bits per heavy atom. The van der Waals surface area contributed by atoms with Crippen LogP contribution in [0, 0.1) is 11.3 Å². The molecule has 0 saturated carbocycles. The molecule has 0 aliphatic carbocycles. The number of nitriles is 1. The van der Waals surface area contributed by atoms with Gasteiger partial charge < -0.3 is 0 Å². The predicted molar refractivity (Wildman–Crippen MR) is 243 cm³/mol. The van der Waals surface area contributed by atoms with Crippen LogP contribution in [0.4, 0.5) is 0 Å². The lowest BCUT2D eigenvalue weighted by molar-refractivity contribution is 1.07. The molecule has 11 aromatic rings. The van der Waals surface area contributed by atoms with Crippen molar-refractivity contribution < 1.29 is 0 Å². The van der Waals surface area contributed by atoms with E-state index in [1.165, 1.54) is 0 Å². The second kappa shape index (κ2) is 14.5. The van der Waals surface area contributed by atoms with Gasteiger partial charge >= 0.3 is 0 Å². The Morgan fingerprint density at radius 3 is 1.42 bits per heavy atom. The molecule has 11 rings (SSSR count). The van der Waals surface area contributed by atoms with Crippen LogP contribution in [0.25, 0.3) is 111 Å². The summed E-state index contributed by atoms with van der Waals surface area (Å²) in [6.07, 6.45) is 3.74. The van der Waals surface area contributed by atoms with E-state index in [1.54, 1.807) is 0 Å². The Balaban J connectivity index is 1.10. The van der Waals surface area contributed by atoms with Gasteiger partial charge in [-0.1, -0.05) is 140 Å². The molecule has 0 aliphatic heterocycles. The highest BCUT2D eigenvalue weighted by molar-refractivity contribution is 6.23. The van der Waals surface area contributed by atoms with Gasteiger partial charge in [0.1, 0.15) is 0 Å². The van der Waals surface area contributed by atoms with E-state index in [0.29, 0.717) is 23.0 Å². The molecular formula is C54H32N6. The van der Waals surface area contributed by atoms with E-state index in [4.69, 9.17) is 24.9 Å². The van der Waals surface area contributed by atoms with Crippen molar-refractivity contribution in [2.45, 2.75) is 0 Å². The second-order valence-corrected chi connectivity index (χ2v) is 14.8. The highest BCUT2D eigenvalue weighted by Gasteiger charge is 2.19. The SMILES string of the molecule is N#Cc1ccc(-c2ccc(-c3cc4c5cccnc5c(-c5cccc(-c6nc(-c7ccccc7)nc(-c7ccccc7)n6)c5)cc4c4cccnc34)c3ccccc23)cc1. The summed E-state index contributed by atoms with van der Waals surface area (Å²) in [7, 11) is 0. The lowest BCUT2D eigenvalue weighted by Gasteiger charge is -2.17. The van der Waals surface area contributed by atoms with Gasteiger partial charge in [-0.25, -0.2) is 15.0 Å². The number of rotatable bonds is 6. The van der Waals surface area contributed by atoms with E-state index < -0.39 is 0 Å². The monoisotopic (exact) mass is 764 g/mol. The second-order valence-electron chi connectivity index (χ2n) is 14.8. The number of pyridine rings is 2. The molecule has 0 unspecified atom stereocenters. The third-order valence-corrected chi connectivity index (χ3v) is 11.2. The topological polar surface area (TPSA) is 88.2 Å². The Bertz CT molecular complexity index is 3430. The van der Waals surface area contributed by atoms with E-state index in [9.17, 15) is 5.26 Å². The zero-order valence-corrected chi connectivity index (χ0v) is 32.2. The number of fused-ring (bicyclic) bond motifs is 6. The summed E-state index contributed by atoms with van der Waals surface area (Å²) < 4.78 is 0. The molecule has 0 N–H and O–H groups in total. The summed E-state index contributed by atoms with van der Waals surface area (Å²) in [5.74, 6) is 1.84. The van der Waals surface area contributed by atoms with Gasteiger partial charge in [-0.2, -0.15) is 5.26 Å². The molecule has 6 nitrogen and oxygen atoms in total. The third-order valence-electron chi connectivity index (χ3n) is 11.2. The first-order chi connectivity index (χ1) is 29.7. The molecule has 3 heterocycles. The summed E-state index contributed by atoms with van der Waals surface area (Å²) in [5, 5.41) is 16.0. The fraction of sp³-hybridized carbons (Fsp3) is 0. The molecule has 0 fully saturated rings. The maximum atomic E-state index is 9.40. The first kappa shape index (κ1) is 34.8. The maximum Gasteiger partial charge on any atom is 0.164 e. The van der Waals surface area contributed by atoms with E-state index in [-0.39, 0.29) is 0 Å². The van der Waals surface area contributed by atoms with Crippen molar-refractivity contribution in [3.63, 3.8) is 0 Å². The molecule has 0 atom stereocenters. The molecule has 0 saturated heterocycles. The van der Waals surface area contributed by atoms with Gasteiger partial charge in [0.25, 0.3) is 0 Å². The average molecular weight is 765 g/mol. The fourth-order valence-electron chi connectivity index (χ4n) is 8.40. The summed E-state index contributed by atoms with van der Waals surface area (Å²) in [4.78, 5) is 25.0. The fourth-order valence-corrected chi connectivity index (χ4v) is 8.40. The van der Waals surface area contributed by atoms with Crippen LogP contribution in [-0.2, 0) is 0 Å². The van der Waals surface area contributed by atoms with Crippen molar-refractivity contribution in [2.75, 3.05) is 0 Å². The molecule has 6 heteroatoms. The standard InChI is InChI=1S/C54H32N6/c55-33-34-22-24-35(25-23-34)40-26-27-43(42-19-8-7-18-41(40)42)49-32-48-44-20-10-28-56-50(44)46(31-47(48)45-21-11-29-57-51(45)49)38-16-9-17-39(30-38)54-59-52(36-12-3-1-4-13-36)58-53(60-54)37-14-5-2-6-15-37/h1-32H. The van der Waals surface area contributed by atoms with Gasteiger partial charge in [0, 0.05) is 51.0 Å². The summed E-state index contributed by atoms with van der Waals surface area (Å²) in [6, 6.07) is 64.4. The molecule has 0 amide bonds. The van der Waals surface area contributed by atoms with Crippen LogP contribution in [0.1, 0.15) is 5.56 Å². The van der Waals surface area contributed by atoms with Gasteiger partial charge in [-0.3, -0.25) is 9.97 Å². The van der Waals surface area contributed by atoms with E-state index in [0.717, 1.165) is 93.4 Å². The van der Waals surface area contributed by atoms with Gasteiger partial charge in [0.15, 0.2) is 17.5 Å². The molecular weight excluding hydrogens is 733 g/mol. The highest BCUT2D eigenvalue weighted by Crippen LogP contribution is 2.44. The van der Waals surface area contributed by atoms with Gasteiger partial charge in [0.05, 0.1) is 22.7 Å². The van der Waals surface area contributed by atoms with Crippen molar-refractivity contribution >= 4 is 43.4 Å². The third kappa shape index (κ3) is 6.01. The summed E-state index contributed by atoms with van der Waals surface area (Å²) in [5.41, 5.74) is 11.6. The van der Waals surface area contributed by atoms with E-state index in [2.05, 4.69) is 91.0 Å². The van der Waals surface area contributed by atoms with Crippen LogP contribution in [-0.4, -0.2) is 24.9 Å². The zero-order chi connectivity index (χ0) is 40.0. The minimum Gasteiger partial charge on any atom is -0.256 e. The molecule has 0 spiro atoms. The van der Waals surface area contributed by atoms with Crippen LogP contribution in [0.5, 0.6) is 0 Å². The molecule has 8 aromatic carbocycles. The first-order valence-electron chi connectivity index (χ1n) is 19.8. The Labute approximate surface area is 345 Å². The first-order valence-corrected chi connectivity index (χ1v) is 19.8. The van der Waals surface area contributed by atoms with E-state index in [1.807, 2.05) is 109 Å². The van der Waals surface area contributed by atoms with Crippen LogP contribution < -0.4 is 0 Å². The van der Waals surface area contributed by atoms with Crippen molar-refractivity contribution in [1.82, 2.24) is 24.9 Å². The maximum absolute atomic E-state index is 9.40. The molecule has 60 heavy (non-hydrogen) atoms. The number of hydrogen-bond donors (Lipinski definition) is 0. The molecule has 0 aliphatic rings. The molecule has 3 aromatic heterocycles. The van der Waals surface area contributed by atoms with Crippen LogP contribution in [0.3, 0.4) is 0 Å². The quantitative estimate of drug-likeness (QED) is 0.157. The normalized spacial score (nSPS) is 11.3.